The first-order valence-corrected chi connectivity index (χ1v) is 9.59. The van der Waals surface area contributed by atoms with Gasteiger partial charge in [0.15, 0.2) is 0 Å². The maximum atomic E-state index is 12.8. The van der Waals surface area contributed by atoms with Gasteiger partial charge in [0.25, 0.3) is 5.91 Å². The number of carbonyl (C=O) groups is 1. The highest BCUT2D eigenvalue weighted by atomic mass is 16.2. The van der Waals surface area contributed by atoms with Gasteiger partial charge < -0.3 is 10.2 Å². The molecule has 0 saturated carbocycles. The van der Waals surface area contributed by atoms with Crippen LogP contribution in [0.25, 0.3) is 11.4 Å². The molecule has 3 aromatic rings. The molecule has 1 aliphatic heterocycles. The van der Waals surface area contributed by atoms with Crippen molar-refractivity contribution >= 4 is 5.91 Å². The van der Waals surface area contributed by atoms with Crippen molar-refractivity contribution in [3.05, 3.63) is 65.2 Å². The third-order valence-electron chi connectivity index (χ3n) is 5.22. The Labute approximate surface area is 164 Å². The Kier molecular flexibility index (Phi) is 5.43. The molecule has 1 aliphatic rings. The van der Waals surface area contributed by atoms with Crippen LogP contribution in [0, 0.1) is 0 Å². The van der Waals surface area contributed by atoms with Crippen molar-refractivity contribution in [2.24, 2.45) is 0 Å². The van der Waals surface area contributed by atoms with E-state index in [1.54, 1.807) is 4.90 Å². The van der Waals surface area contributed by atoms with Crippen molar-refractivity contribution in [1.82, 2.24) is 30.8 Å². The Hall–Kier alpha value is -3.06. The van der Waals surface area contributed by atoms with Gasteiger partial charge in [0.05, 0.1) is 0 Å². The van der Waals surface area contributed by atoms with Crippen LogP contribution in [0.4, 0.5) is 0 Å². The zero-order chi connectivity index (χ0) is 19.3. The number of nitrogens with one attached hydrogen (secondary N) is 2. The van der Waals surface area contributed by atoms with Gasteiger partial charge in [-0.3, -0.25) is 4.79 Å². The second-order valence-electron chi connectivity index (χ2n) is 7.26. The number of piperidine rings is 1. The minimum absolute atomic E-state index is 0.0123. The summed E-state index contributed by atoms with van der Waals surface area (Å²) in [5.74, 6) is 1.10. The van der Waals surface area contributed by atoms with Crippen LogP contribution in [-0.4, -0.2) is 51.6 Å². The lowest BCUT2D eigenvalue weighted by atomic mass is 9.91. The van der Waals surface area contributed by atoms with E-state index in [0.717, 1.165) is 24.2 Å². The molecule has 0 bridgehead atoms. The standard InChI is InChI=1S/C21H24N6O/c1-27(14-15-4-2-5-18(12-15)20-23-25-26-24-20)21(28)17-9-7-16(8-10-17)19-6-3-11-22-13-19/h2,4-5,7-10,12,19,22H,3,6,11,13-14H2,1H3,(H,23,24,25,26)/t19-/m0/s1. The van der Waals surface area contributed by atoms with Gasteiger partial charge in [0, 0.05) is 31.3 Å². The van der Waals surface area contributed by atoms with E-state index < -0.39 is 0 Å². The summed E-state index contributed by atoms with van der Waals surface area (Å²) in [4.78, 5) is 14.6. The highest BCUT2D eigenvalue weighted by Gasteiger charge is 2.17. The molecular formula is C21H24N6O. The van der Waals surface area contributed by atoms with Crippen LogP contribution in [-0.2, 0) is 6.54 Å². The highest BCUT2D eigenvalue weighted by molar-refractivity contribution is 5.94. The zero-order valence-electron chi connectivity index (χ0n) is 15.9. The number of tetrazole rings is 1. The van der Waals surface area contributed by atoms with Crippen LogP contribution >= 0.6 is 0 Å². The largest absolute Gasteiger partial charge is 0.337 e. The fourth-order valence-corrected chi connectivity index (χ4v) is 3.69. The van der Waals surface area contributed by atoms with Gasteiger partial charge in [0.1, 0.15) is 0 Å². The van der Waals surface area contributed by atoms with E-state index in [1.165, 1.54) is 18.4 Å². The minimum atomic E-state index is 0.0123. The molecule has 28 heavy (non-hydrogen) atoms. The number of rotatable bonds is 5. The number of benzene rings is 2. The van der Waals surface area contributed by atoms with Gasteiger partial charge in [-0.15, -0.1) is 10.2 Å². The Morgan fingerprint density at radius 3 is 2.79 bits per heavy atom. The summed E-state index contributed by atoms with van der Waals surface area (Å²) in [6.45, 7) is 2.63. The maximum Gasteiger partial charge on any atom is 0.253 e. The van der Waals surface area contributed by atoms with Crippen molar-refractivity contribution in [2.75, 3.05) is 20.1 Å². The quantitative estimate of drug-likeness (QED) is 0.715. The topological polar surface area (TPSA) is 86.8 Å². The van der Waals surface area contributed by atoms with Crippen LogP contribution in [0.1, 0.15) is 40.2 Å². The monoisotopic (exact) mass is 376 g/mol. The molecule has 0 unspecified atom stereocenters. The molecule has 7 heteroatoms. The lowest BCUT2D eigenvalue weighted by Gasteiger charge is -2.23. The van der Waals surface area contributed by atoms with Gasteiger partial charge in [0.2, 0.25) is 5.82 Å². The molecule has 2 N–H and O–H groups in total. The fraction of sp³-hybridized carbons (Fsp3) is 0.333. The van der Waals surface area contributed by atoms with E-state index in [1.807, 2.05) is 43.4 Å². The molecule has 2 heterocycles. The Morgan fingerprint density at radius 2 is 2.07 bits per heavy atom. The van der Waals surface area contributed by atoms with Gasteiger partial charge in [-0.05, 0) is 59.8 Å². The normalized spacial score (nSPS) is 16.7. The second-order valence-corrected chi connectivity index (χ2v) is 7.26. The summed E-state index contributed by atoms with van der Waals surface area (Å²) < 4.78 is 0. The summed E-state index contributed by atoms with van der Waals surface area (Å²) in [6.07, 6.45) is 2.41. The maximum absolute atomic E-state index is 12.8. The first-order chi connectivity index (χ1) is 13.7. The van der Waals surface area contributed by atoms with Crippen molar-refractivity contribution in [3.8, 4) is 11.4 Å². The van der Waals surface area contributed by atoms with Crippen molar-refractivity contribution in [2.45, 2.75) is 25.3 Å². The summed E-state index contributed by atoms with van der Waals surface area (Å²) >= 11 is 0. The average molecular weight is 376 g/mol. The number of hydrogen-bond donors (Lipinski definition) is 2. The third-order valence-corrected chi connectivity index (χ3v) is 5.22. The Bertz CT molecular complexity index is 916. The molecule has 1 atom stereocenters. The number of nitrogens with zero attached hydrogens (tertiary/aromatic N) is 4. The molecule has 1 amide bonds. The lowest BCUT2D eigenvalue weighted by Crippen LogP contribution is -2.28. The Morgan fingerprint density at radius 1 is 1.21 bits per heavy atom. The molecule has 0 radical (unpaired) electrons. The van der Waals surface area contributed by atoms with Crippen molar-refractivity contribution < 1.29 is 4.79 Å². The molecule has 0 spiro atoms. The highest BCUT2D eigenvalue weighted by Crippen LogP contribution is 2.24. The molecule has 4 rings (SSSR count). The molecule has 1 fully saturated rings. The molecule has 2 aromatic carbocycles. The number of H-pyrrole nitrogens is 1. The van der Waals surface area contributed by atoms with Crippen LogP contribution in [0.15, 0.2) is 48.5 Å². The fourth-order valence-electron chi connectivity index (χ4n) is 3.69. The molecule has 1 saturated heterocycles. The van der Waals surface area contributed by atoms with E-state index in [0.29, 0.717) is 23.9 Å². The van der Waals surface area contributed by atoms with Gasteiger partial charge in [-0.25, -0.2) is 0 Å². The van der Waals surface area contributed by atoms with Gasteiger partial charge in [-0.1, -0.05) is 30.3 Å². The van der Waals surface area contributed by atoms with Crippen LogP contribution in [0.2, 0.25) is 0 Å². The number of aromatic nitrogens is 4. The number of hydrogen-bond acceptors (Lipinski definition) is 5. The van der Waals surface area contributed by atoms with Crippen molar-refractivity contribution in [3.63, 3.8) is 0 Å². The first kappa shape index (κ1) is 18.3. The Balaban J connectivity index is 1.42. The van der Waals surface area contributed by atoms with E-state index in [-0.39, 0.29) is 5.91 Å². The molecular weight excluding hydrogens is 352 g/mol. The van der Waals surface area contributed by atoms with Crippen LogP contribution < -0.4 is 5.32 Å². The second kappa shape index (κ2) is 8.31. The van der Waals surface area contributed by atoms with E-state index in [2.05, 4.69) is 38.1 Å². The third kappa shape index (κ3) is 4.09. The molecule has 7 nitrogen and oxygen atoms in total. The van der Waals surface area contributed by atoms with Crippen molar-refractivity contribution in [1.29, 1.82) is 0 Å². The first-order valence-electron chi connectivity index (χ1n) is 9.59. The number of aromatic amines is 1. The summed E-state index contributed by atoms with van der Waals surface area (Å²) in [7, 11) is 1.82. The summed E-state index contributed by atoms with van der Waals surface area (Å²) in [5, 5.41) is 17.5. The average Bonchev–Trinajstić information content (AvgIpc) is 3.29. The van der Waals surface area contributed by atoms with Gasteiger partial charge in [-0.2, -0.15) is 5.21 Å². The number of carbonyl (C=O) groups excluding carboxylic acids is 1. The van der Waals surface area contributed by atoms with Gasteiger partial charge >= 0.3 is 0 Å². The lowest BCUT2D eigenvalue weighted by molar-refractivity contribution is 0.0785. The SMILES string of the molecule is CN(Cc1cccc(-c2nn[nH]n2)c1)C(=O)c1ccc([C@H]2CCCNC2)cc1. The van der Waals surface area contributed by atoms with E-state index in [4.69, 9.17) is 0 Å². The smallest absolute Gasteiger partial charge is 0.253 e. The van der Waals surface area contributed by atoms with E-state index >= 15 is 0 Å². The summed E-state index contributed by atoms with van der Waals surface area (Å²) in [5.41, 5.74) is 3.91. The molecule has 144 valence electrons. The number of amides is 1. The molecule has 0 aliphatic carbocycles. The summed E-state index contributed by atoms with van der Waals surface area (Å²) in [6, 6.07) is 15.9. The molecule has 1 aromatic heterocycles. The zero-order valence-corrected chi connectivity index (χ0v) is 15.9. The predicted molar refractivity (Wildman–Crippen MR) is 107 cm³/mol. The van der Waals surface area contributed by atoms with E-state index in [9.17, 15) is 4.79 Å². The minimum Gasteiger partial charge on any atom is -0.337 e. The predicted octanol–water partition coefficient (Wildman–Crippen LogP) is 2.61. The van der Waals surface area contributed by atoms with Crippen LogP contribution in [0.3, 0.4) is 0 Å². The van der Waals surface area contributed by atoms with Crippen LogP contribution in [0.5, 0.6) is 0 Å².